The highest BCUT2D eigenvalue weighted by Crippen LogP contribution is 2.34. The molecule has 1 heterocycles. The number of aliphatic hydroxyl groups is 1. The fourth-order valence-corrected chi connectivity index (χ4v) is 3.99. The first-order valence-electron chi connectivity index (χ1n) is 11.9. The lowest BCUT2D eigenvalue weighted by atomic mass is 9.94. The summed E-state index contributed by atoms with van der Waals surface area (Å²) in [4.78, 5) is 31.5. The monoisotopic (exact) mass is 572 g/mol. The Kier molecular flexibility index (Phi) is 9.60. The zero-order valence-corrected chi connectivity index (χ0v) is 22.2. The summed E-state index contributed by atoms with van der Waals surface area (Å²) in [6.45, 7) is 2.30. The quantitative estimate of drug-likeness (QED) is 0.282. The topological polar surface area (TPSA) is 94.1 Å². The maximum absolute atomic E-state index is 14.9. The summed E-state index contributed by atoms with van der Waals surface area (Å²) in [7, 11) is 0. The van der Waals surface area contributed by atoms with Crippen LogP contribution in [0.5, 0.6) is 0 Å². The number of hydroxylamine groups is 1. The molecule has 2 aromatic rings. The van der Waals surface area contributed by atoms with Crippen LogP contribution in [0.2, 0.25) is 5.02 Å². The van der Waals surface area contributed by atoms with Crippen LogP contribution in [0, 0.1) is 11.6 Å². The van der Waals surface area contributed by atoms with E-state index in [-0.39, 0.29) is 23.7 Å². The number of carbonyl (C=O) groups is 2. The van der Waals surface area contributed by atoms with Gasteiger partial charge in [0, 0.05) is 26.1 Å². The van der Waals surface area contributed by atoms with Gasteiger partial charge in [-0.3, -0.25) is 19.5 Å². The molecule has 0 fully saturated rings. The van der Waals surface area contributed by atoms with Crippen LogP contribution in [-0.4, -0.2) is 51.1 Å². The number of nitrogens with one attached hydrogen (secondary N) is 2. The number of alkyl halides is 2. The van der Waals surface area contributed by atoms with E-state index in [0.717, 1.165) is 31.8 Å². The Bertz CT molecular complexity index is 1240. The van der Waals surface area contributed by atoms with Gasteiger partial charge in [-0.15, -0.1) is 0 Å². The Labute approximate surface area is 228 Å². The molecule has 8 nitrogen and oxygen atoms in total. The van der Waals surface area contributed by atoms with Crippen LogP contribution in [0.15, 0.2) is 42.6 Å². The standard InChI is InChI=1S/C26H29ClF4N4O4/c1-16(36)35(32-13-18-5-4-6-22(29)23(18)27)21(12-26(30,31)25(2,3)38)15-39-33-24(37)34-10-9-17-11-20(28)8-7-19(17)14-34/h4-11,21,32,38H,12-15H2,1-3H3,(H,33,37)/t21-/m0/s1. The minimum atomic E-state index is -3.68. The first-order valence-corrected chi connectivity index (χ1v) is 12.3. The molecule has 13 heteroatoms. The molecular formula is C26H29ClF4N4O4. The SMILES string of the molecule is CC(=O)N(NCc1cccc(F)c1Cl)[C@H](CONC(=O)N1C=Cc2cc(F)ccc2C1)CC(F)(F)C(C)(C)O. The Morgan fingerprint density at radius 1 is 1.23 bits per heavy atom. The van der Waals surface area contributed by atoms with Gasteiger partial charge >= 0.3 is 6.03 Å². The highest BCUT2D eigenvalue weighted by molar-refractivity contribution is 6.31. The van der Waals surface area contributed by atoms with Crippen LogP contribution in [-0.2, 0) is 22.7 Å². The average molecular weight is 573 g/mol. The first kappa shape index (κ1) is 30.4. The maximum Gasteiger partial charge on any atom is 0.345 e. The van der Waals surface area contributed by atoms with Crippen LogP contribution in [0.25, 0.3) is 6.08 Å². The molecule has 0 bridgehead atoms. The lowest BCUT2D eigenvalue weighted by Gasteiger charge is -2.37. The van der Waals surface area contributed by atoms with E-state index < -0.39 is 54.2 Å². The van der Waals surface area contributed by atoms with Crippen LogP contribution in [0.1, 0.15) is 43.9 Å². The highest BCUT2D eigenvalue weighted by atomic mass is 35.5. The van der Waals surface area contributed by atoms with E-state index in [2.05, 4.69) is 10.9 Å². The van der Waals surface area contributed by atoms with Gasteiger partial charge in [-0.2, -0.15) is 0 Å². The Hall–Kier alpha value is -3.19. The number of halogens is 5. The highest BCUT2D eigenvalue weighted by Gasteiger charge is 2.48. The molecule has 0 unspecified atom stereocenters. The molecule has 212 valence electrons. The number of benzene rings is 2. The van der Waals surface area contributed by atoms with E-state index in [1.807, 2.05) is 0 Å². The Morgan fingerprint density at radius 2 is 1.95 bits per heavy atom. The van der Waals surface area contributed by atoms with Crippen molar-refractivity contribution in [2.75, 3.05) is 6.61 Å². The zero-order valence-electron chi connectivity index (χ0n) is 21.5. The van der Waals surface area contributed by atoms with E-state index in [1.54, 1.807) is 0 Å². The summed E-state index contributed by atoms with van der Waals surface area (Å²) in [6, 6.07) is 6.03. The molecule has 1 aliphatic rings. The number of hydrazine groups is 1. The Balaban J connectivity index is 1.71. The van der Waals surface area contributed by atoms with E-state index in [9.17, 15) is 32.3 Å². The molecule has 0 aliphatic carbocycles. The minimum absolute atomic E-state index is 0.108. The Morgan fingerprint density at radius 3 is 2.62 bits per heavy atom. The van der Waals surface area contributed by atoms with Crippen LogP contribution < -0.4 is 10.9 Å². The largest absolute Gasteiger partial charge is 0.384 e. The molecule has 0 spiro atoms. The fraction of sp³-hybridized carbons (Fsp3) is 0.385. The van der Waals surface area contributed by atoms with Crippen molar-refractivity contribution in [2.24, 2.45) is 0 Å². The van der Waals surface area contributed by atoms with Gasteiger partial charge in [-0.1, -0.05) is 29.8 Å². The van der Waals surface area contributed by atoms with Crippen molar-refractivity contribution in [2.45, 2.75) is 57.8 Å². The van der Waals surface area contributed by atoms with Crippen LogP contribution in [0.3, 0.4) is 0 Å². The number of hydrogen-bond acceptors (Lipinski definition) is 5. The molecule has 0 saturated carbocycles. The second kappa shape index (κ2) is 12.3. The number of amides is 3. The number of nitrogens with zero attached hydrogens (tertiary/aromatic N) is 2. The van der Waals surface area contributed by atoms with Crippen molar-refractivity contribution in [1.29, 1.82) is 0 Å². The number of fused-ring (bicyclic) bond motifs is 1. The first-order chi connectivity index (χ1) is 18.2. The molecule has 2 aromatic carbocycles. The number of rotatable bonds is 10. The average Bonchev–Trinajstić information content (AvgIpc) is 2.85. The van der Waals surface area contributed by atoms with Crippen molar-refractivity contribution in [1.82, 2.24) is 20.8 Å². The van der Waals surface area contributed by atoms with Crippen molar-refractivity contribution in [3.8, 4) is 0 Å². The second-order valence-corrected chi connectivity index (χ2v) is 9.94. The van der Waals surface area contributed by atoms with E-state index in [1.165, 1.54) is 47.5 Å². The molecular weight excluding hydrogens is 544 g/mol. The minimum Gasteiger partial charge on any atom is -0.384 e. The smallest absolute Gasteiger partial charge is 0.345 e. The van der Waals surface area contributed by atoms with Gasteiger partial charge in [0.15, 0.2) is 0 Å². The molecule has 0 saturated heterocycles. The van der Waals surface area contributed by atoms with E-state index >= 15 is 0 Å². The summed E-state index contributed by atoms with van der Waals surface area (Å²) < 4.78 is 57.0. The van der Waals surface area contributed by atoms with Crippen molar-refractivity contribution in [3.63, 3.8) is 0 Å². The summed E-state index contributed by atoms with van der Waals surface area (Å²) in [5, 5.41) is 10.6. The normalized spacial score (nSPS) is 14.1. The van der Waals surface area contributed by atoms with Gasteiger partial charge in [-0.05, 0) is 54.8 Å². The predicted molar refractivity (Wildman–Crippen MR) is 136 cm³/mol. The second-order valence-electron chi connectivity index (χ2n) is 9.56. The molecule has 39 heavy (non-hydrogen) atoms. The predicted octanol–water partition coefficient (Wildman–Crippen LogP) is 4.76. The van der Waals surface area contributed by atoms with Crippen LogP contribution >= 0.6 is 11.6 Å². The molecule has 3 amide bonds. The third kappa shape index (κ3) is 7.69. The van der Waals surface area contributed by atoms with Gasteiger partial charge in [0.2, 0.25) is 5.91 Å². The summed E-state index contributed by atoms with van der Waals surface area (Å²) in [5.41, 5.74) is 3.94. The van der Waals surface area contributed by atoms with E-state index in [4.69, 9.17) is 16.4 Å². The van der Waals surface area contributed by atoms with Crippen molar-refractivity contribution < 1.29 is 37.1 Å². The third-order valence-corrected chi connectivity index (χ3v) is 6.56. The van der Waals surface area contributed by atoms with Gasteiger partial charge in [0.1, 0.15) is 17.2 Å². The number of carbonyl (C=O) groups excluding carboxylic acids is 2. The summed E-state index contributed by atoms with van der Waals surface area (Å²) in [5.74, 6) is -5.47. The lowest BCUT2D eigenvalue weighted by Crippen LogP contribution is -2.55. The molecule has 1 aliphatic heterocycles. The fourth-order valence-electron chi connectivity index (χ4n) is 3.79. The van der Waals surface area contributed by atoms with Gasteiger partial charge < -0.3 is 5.11 Å². The molecule has 1 atom stereocenters. The molecule has 0 aromatic heterocycles. The third-order valence-electron chi connectivity index (χ3n) is 6.14. The van der Waals surface area contributed by atoms with Crippen molar-refractivity contribution in [3.05, 3.63) is 75.9 Å². The maximum atomic E-state index is 14.9. The van der Waals surface area contributed by atoms with Gasteiger partial charge in [-0.25, -0.2) is 33.3 Å². The lowest BCUT2D eigenvalue weighted by molar-refractivity contribution is -0.182. The summed E-state index contributed by atoms with van der Waals surface area (Å²) in [6.07, 6.45) is 1.90. The van der Waals surface area contributed by atoms with Crippen LogP contribution in [0.4, 0.5) is 22.4 Å². The summed E-state index contributed by atoms with van der Waals surface area (Å²) >= 11 is 5.96. The van der Waals surface area contributed by atoms with Gasteiger partial charge in [0.25, 0.3) is 5.92 Å². The molecule has 3 rings (SSSR count). The number of hydrogen-bond donors (Lipinski definition) is 3. The van der Waals surface area contributed by atoms with Gasteiger partial charge in [0.05, 0.1) is 24.2 Å². The number of urea groups is 1. The van der Waals surface area contributed by atoms with E-state index in [0.29, 0.717) is 11.1 Å². The molecule has 0 radical (unpaired) electrons. The molecule has 3 N–H and O–H groups in total. The zero-order chi connectivity index (χ0) is 29.0. The van der Waals surface area contributed by atoms with Crippen molar-refractivity contribution >= 4 is 29.6 Å².